The second-order valence-corrected chi connectivity index (χ2v) is 4.43. The van der Waals surface area contributed by atoms with Crippen molar-refractivity contribution in [3.05, 3.63) is 27.7 Å². The first-order chi connectivity index (χ1) is 8.86. The quantitative estimate of drug-likeness (QED) is 0.430. The van der Waals surface area contributed by atoms with Crippen molar-refractivity contribution in [2.75, 3.05) is 5.43 Å². The number of hydrogen-bond donors (Lipinski definition) is 2. The van der Waals surface area contributed by atoms with Gasteiger partial charge < -0.3 is 5.43 Å². The normalized spacial score (nSPS) is 12.9. The molecule has 0 radical (unpaired) electrons. The smallest absolute Gasteiger partial charge is 0.321 e. The minimum atomic E-state index is -6.24. The van der Waals surface area contributed by atoms with Crippen LogP contribution in [-0.2, 0) is 5.67 Å². The molecule has 12 heteroatoms. The molecule has 0 aliphatic rings. The van der Waals surface area contributed by atoms with Gasteiger partial charge in [0.15, 0.2) is 0 Å². The molecule has 0 spiro atoms. The van der Waals surface area contributed by atoms with Crippen molar-refractivity contribution in [2.45, 2.75) is 18.0 Å². The molecular weight excluding hydrogens is 375 g/mol. The minimum Gasteiger partial charge on any atom is -0.321 e. The Morgan fingerprint density at radius 3 is 1.43 bits per heavy atom. The van der Waals surface area contributed by atoms with Crippen LogP contribution >= 0.6 is 35.6 Å². The molecule has 2 nitrogen and oxygen atoms in total. The topological polar surface area (TPSA) is 38.0 Å². The number of benzene rings is 1. The standard InChI is InChI=1S/C9H5Cl2F7N2.ClH/c10-4-1-3(2-5(11)6(4)20-19)7(12,8(13,14)15)9(16,17)18;/h1-2,20H,19H2;1H. The number of hydrazine groups is 1. The van der Waals surface area contributed by atoms with Crippen molar-refractivity contribution in [1.29, 1.82) is 0 Å². The Hall–Kier alpha value is -0.640. The van der Waals surface area contributed by atoms with Crippen molar-refractivity contribution in [3.8, 4) is 0 Å². The second-order valence-electron chi connectivity index (χ2n) is 3.61. The van der Waals surface area contributed by atoms with Gasteiger partial charge in [0.1, 0.15) is 0 Å². The zero-order chi connectivity index (χ0) is 15.9. The molecule has 0 saturated carbocycles. The van der Waals surface area contributed by atoms with E-state index in [0.29, 0.717) is 0 Å². The van der Waals surface area contributed by atoms with Crippen molar-refractivity contribution in [1.82, 2.24) is 0 Å². The molecule has 0 heterocycles. The highest BCUT2D eigenvalue weighted by molar-refractivity contribution is 6.39. The number of nitrogen functional groups attached to an aromatic ring is 1. The zero-order valence-electron chi connectivity index (χ0n) is 9.54. The molecule has 0 aliphatic carbocycles. The van der Waals surface area contributed by atoms with Crippen molar-refractivity contribution >= 4 is 41.3 Å². The number of alkyl halides is 7. The van der Waals surface area contributed by atoms with Gasteiger partial charge in [0.2, 0.25) is 0 Å². The summed E-state index contributed by atoms with van der Waals surface area (Å²) < 4.78 is 88.8. The molecule has 1 aromatic carbocycles. The first-order valence-corrected chi connectivity index (χ1v) is 5.40. The van der Waals surface area contributed by atoms with Crippen LogP contribution in [0.2, 0.25) is 10.0 Å². The fraction of sp³-hybridized carbons (Fsp3) is 0.333. The van der Waals surface area contributed by atoms with Crippen LogP contribution in [0.1, 0.15) is 5.56 Å². The van der Waals surface area contributed by atoms with Crippen LogP contribution in [0.4, 0.5) is 36.4 Å². The van der Waals surface area contributed by atoms with Crippen molar-refractivity contribution < 1.29 is 30.7 Å². The van der Waals surface area contributed by atoms with E-state index in [1.807, 2.05) is 5.43 Å². The van der Waals surface area contributed by atoms with E-state index in [-0.39, 0.29) is 30.2 Å². The molecule has 1 aromatic rings. The molecule has 0 bridgehead atoms. The predicted molar refractivity (Wildman–Crippen MR) is 66.4 cm³/mol. The molecule has 1 rings (SSSR count). The average Bonchev–Trinajstić information content (AvgIpc) is 2.24. The Morgan fingerprint density at radius 1 is 0.857 bits per heavy atom. The number of nitrogens with one attached hydrogen (secondary N) is 1. The van der Waals surface area contributed by atoms with E-state index in [9.17, 15) is 30.7 Å². The van der Waals surface area contributed by atoms with Crippen LogP contribution in [0.3, 0.4) is 0 Å². The van der Waals surface area contributed by atoms with E-state index in [1.165, 1.54) is 0 Å². The third-order valence-corrected chi connectivity index (χ3v) is 2.96. The minimum absolute atomic E-state index is 0. The summed E-state index contributed by atoms with van der Waals surface area (Å²) >= 11 is 10.8. The Labute approximate surface area is 129 Å². The highest BCUT2D eigenvalue weighted by Crippen LogP contribution is 2.54. The fourth-order valence-corrected chi connectivity index (χ4v) is 1.99. The molecule has 0 amide bonds. The molecule has 0 unspecified atom stereocenters. The Kier molecular flexibility index (Phi) is 6.04. The van der Waals surface area contributed by atoms with Crippen LogP contribution in [-0.4, -0.2) is 12.4 Å². The van der Waals surface area contributed by atoms with Crippen LogP contribution < -0.4 is 11.3 Å². The molecule has 122 valence electrons. The molecule has 0 saturated heterocycles. The lowest BCUT2D eigenvalue weighted by atomic mass is 9.94. The van der Waals surface area contributed by atoms with Gasteiger partial charge in [0.05, 0.1) is 15.7 Å². The first kappa shape index (κ1) is 20.4. The van der Waals surface area contributed by atoms with Gasteiger partial charge in [-0.3, -0.25) is 5.84 Å². The third kappa shape index (κ3) is 3.41. The van der Waals surface area contributed by atoms with Gasteiger partial charge in [-0.2, -0.15) is 26.3 Å². The van der Waals surface area contributed by atoms with Crippen LogP contribution in [0.25, 0.3) is 0 Å². The van der Waals surface area contributed by atoms with Crippen molar-refractivity contribution in [3.63, 3.8) is 0 Å². The Morgan fingerprint density at radius 2 is 1.19 bits per heavy atom. The molecule has 0 aromatic heterocycles. The maximum absolute atomic E-state index is 13.7. The molecular formula is C9H6Cl3F7N2. The number of hydrogen-bond acceptors (Lipinski definition) is 2. The van der Waals surface area contributed by atoms with Gasteiger partial charge in [-0.1, -0.05) is 23.2 Å². The summed E-state index contributed by atoms with van der Waals surface area (Å²) in [7, 11) is 0. The van der Waals surface area contributed by atoms with Gasteiger partial charge in [-0.05, 0) is 12.1 Å². The van der Waals surface area contributed by atoms with Gasteiger partial charge >= 0.3 is 18.0 Å². The number of nitrogens with two attached hydrogens (primary N) is 1. The number of anilines is 1. The lowest BCUT2D eigenvalue weighted by Gasteiger charge is -2.30. The summed E-state index contributed by atoms with van der Waals surface area (Å²) in [6.07, 6.45) is -12.5. The molecule has 3 N–H and O–H groups in total. The summed E-state index contributed by atoms with van der Waals surface area (Å²) in [4.78, 5) is 0. The maximum atomic E-state index is 13.7. The summed E-state index contributed by atoms with van der Waals surface area (Å²) in [5.74, 6) is 4.93. The van der Waals surface area contributed by atoms with E-state index in [2.05, 4.69) is 0 Å². The van der Waals surface area contributed by atoms with Gasteiger partial charge in [-0.15, -0.1) is 12.4 Å². The largest absolute Gasteiger partial charge is 0.435 e. The van der Waals surface area contributed by atoms with E-state index in [4.69, 9.17) is 29.0 Å². The SMILES string of the molecule is Cl.NNc1c(Cl)cc(C(F)(C(F)(F)F)C(F)(F)F)cc1Cl. The summed E-state index contributed by atoms with van der Waals surface area (Å²) in [6.45, 7) is 0. The molecule has 21 heavy (non-hydrogen) atoms. The van der Waals surface area contributed by atoms with E-state index in [0.717, 1.165) is 0 Å². The monoisotopic (exact) mass is 380 g/mol. The highest BCUT2D eigenvalue weighted by Gasteiger charge is 2.73. The summed E-state index contributed by atoms with van der Waals surface area (Å²) in [6, 6.07) is 0.313. The summed E-state index contributed by atoms with van der Waals surface area (Å²) in [5.41, 5.74) is -5.84. The average molecular weight is 382 g/mol. The molecule has 0 atom stereocenters. The molecule has 0 aliphatic heterocycles. The lowest BCUT2D eigenvalue weighted by Crippen LogP contribution is -2.50. The number of rotatable bonds is 2. The molecule has 0 fully saturated rings. The van der Waals surface area contributed by atoms with Gasteiger partial charge in [0, 0.05) is 5.56 Å². The van der Waals surface area contributed by atoms with E-state index >= 15 is 0 Å². The highest BCUT2D eigenvalue weighted by atomic mass is 35.5. The van der Waals surface area contributed by atoms with Crippen LogP contribution in [0.15, 0.2) is 12.1 Å². The predicted octanol–water partition coefficient (Wildman–Crippen LogP) is 4.99. The van der Waals surface area contributed by atoms with Gasteiger partial charge in [0.25, 0.3) is 0 Å². The second kappa shape index (κ2) is 6.23. The first-order valence-electron chi connectivity index (χ1n) is 4.64. The number of halogens is 10. The summed E-state index contributed by atoms with van der Waals surface area (Å²) in [5, 5.41) is -1.38. The van der Waals surface area contributed by atoms with Crippen molar-refractivity contribution in [2.24, 2.45) is 5.84 Å². The van der Waals surface area contributed by atoms with E-state index < -0.39 is 33.6 Å². The third-order valence-electron chi connectivity index (χ3n) is 2.37. The maximum Gasteiger partial charge on any atom is 0.435 e. The lowest BCUT2D eigenvalue weighted by molar-refractivity contribution is -0.348. The van der Waals surface area contributed by atoms with Crippen LogP contribution in [0, 0.1) is 0 Å². The van der Waals surface area contributed by atoms with E-state index in [1.54, 1.807) is 0 Å². The zero-order valence-corrected chi connectivity index (χ0v) is 11.9. The fourth-order valence-electron chi connectivity index (χ4n) is 1.40. The van der Waals surface area contributed by atoms with Gasteiger partial charge in [-0.25, -0.2) is 4.39 Å². The Bertz CT molecular complexity index is 478. The Balaban J connectivity index is 0.00000400. The van der Waals surface area contributed by atoms with Crippen LogP contribution in [0.5, 0.6) is 0 Å².